The first-order valence-corrected chi connectivity index (χ1v) is 5.64. The summed E-state index contributed by atoms with van der Waals surface area (Å²) in [5, 5.41) is 0. The van der Waals surface area contributed by atoms with E-state index in [1.807, 2.05) is 0 Å². The Balaban J connectivity index is 2.38. The fourth-order valence-electron chi connectivity index (χ4n) is 1.69. The minimum Gasteiger partial charge on any atom is -0.342 e. The number of aliphatic imine (C=N–C) groups is 1. The fourth-order valence-corrected chi connectivity index (χ4v) is 1.69. The summed E-state index contributed by atoms with van der Waals surface area (Å²) < 4.78 is 0. The Kier molecular flexibility index (Phi) is 5.37. The number of rotatable bonds is 3. The van der Waals surface area contributed by atoms with Gasteiger partial charge in [-0.2, -0.15) is 0 Å². The van der Waals surface area contributed by atoms with Crippen molar-refractivity contribution < 1.29 is 0 Å². The highest BCUT2D eigenvalue weighted by molar-refractivity contribution is 5.79. The summed E-state index contributed by atoms with van der Waals surface area (Å²) in [7, 11) is 0. The Morgan fingerprint density at radius 1 is 1.36 bits per heavy atom. The Morgan fingerprint density at radius 3 is 2.64 bits per heavy atom. The van der Waals surface area contributed by atoms with E-state index >= 15 is 0 Å². The van der Waals surface area contributed by atoms with E-state index in [4.69, 9.17) is 5.84 Å². The maximum atomic E-state index is 5.46. The summed E-state index contributed by atoms with van der Waals surface area (Å²) in [6.45, 7) is 5.24. The first-order valence-electron chi connectivity index (χ1n) is 5.64. The molecule has 1 heterocycles. The van der Waals surface area contributed by atoms with Crippen molar-refractivity contribution in [1.82, 2.24) is 10.3 Å². The van der Waals surface area contributed by atoms with Gasteiger partial charge in [-0.1, -0.05) is 13.3 Å². The van der Waals surface area contributed by atoms with Gasteiger partial charge in [-0.3, -0.25) is 10.4 Å². The number of nitrogens with two attached hydrogens (primary N) is 1. The highest BCUT2D eigenvalue weighted by Crippen LogP contribution is 2.08. The third kappa shape index (κ3) is 3.54. The lowest BCUT2D eigenvalue weighted by atomic mass is 10.1. The van der Waals surface area contributed by atoms with E-state index in [0.29, 0.717) is 0 Å². The normalized spacial score (nSPS) is 18.4. The summed E-state index contributed by atoms with van der Waals surface area (Å²) in [6.07, 6.45) is 6.17. The van der Waals surface area contributed by atoms with Crippen molar-refractivity contribution in [2.24, 2.45) is 10.8 Å². The van der Waals surface area contributed by atoms with E-state index in [-0.39, 0.29) is 0 Å². The van der Waals surface area contributed by atoms with Gasteiger partial charge in [0, 0.05) is 19.6 Å². The molecule has 0 aromatic carbocycles. The van der Waals surface area contributed by atoms with Gasteiger partial charge in [0.1, 0.15) is 0 Å². The van der Waals surface area contributed by atoms with Gasteiger partial charge in [0.2, 0.25) is 5.96 Å². The fraction of sp³-hybridized carbons (Fsp3) is 0.900. The molecule has 0 bridgehead atoms. The predicted octanol–water partition coefficient (Wildman–Crippen LogP) is 1.09. The van der Waals surface area contributed by atoms with Gasteiger partial charge in [0.15, 0.2) is 0 Å². The van der Waals surface area contributed by atoms with E-state index in [1.165, 1.54) is 25.7 Å². The summed E-state index contributed by atoms with van der Waals surface area (Å²) in [5.41, 5.74) is 2.71. The van der Waals surface area contributed by atoms with Gasteiger partial charge in [-0.25, -0.2) is 5.84 Å². The highest BCUT2D eigenvalue weighted by atomic mass is 15.4. The topological polar surface area (TPSA) is 53.6 Å². The lowest BCUT2D eigenvalue weighted by Gasteiger charge is -2.29. The van der Waals surface area contributed by atoms with Crippen molar-refractivity contribution in [1.29, 1.82) is 0 Å². The van der Waals surface area contributed by atoms with Gasteiger partial charge in [0.25, 0.3) is 0 Å². The number of likely N-dealkylation sites (tertiary alicyclic amines) is 1. The van der Waals surface area contributed by atoms with Crippen LogP contribution in [0, 0.1) is 0 Å². The van der Waals surface area contributed by atoms with Crippen LogP contribution in [-0.4, -0.2) is 30.5 Å². The van der Waals surface area contributed by atoms with Crippen molar-refractivity contribution in [3.63, 3.8) is 0 Å². The van der Waals surface area contributed by atoms with E-state index in [9.17, 15) is 0 Å². The number of nitrogens with zero attached hydrogens (tertiary/aromatic N) is 2. The maximum absolute atomic E-state index is 5.46. The third-order valence-corrected chi connectivity index (χ3v) is 2.56. The standard InChI is InChI=1S/C10H22N4/c1-2-3-7-12-10(13-11)14-8-5-4-6-9-14/h2-9,11H2,1H3,(H,12,13). The molecule has 0 saturated carbocycles. The van der Waals surface area contributed by atoms with Crippen molar-refractivity contribution in [3.8, 4) is 0 Å². The molecule has 14 heavy (non-hydrogen) atoms. The third-order valence-electron chi connectivity index (χ3n) is 2.56. The van der Waals surface area contributed by atoms with Crippen LogP contribution in [0.1, 0.15) is 39.0 Å². The molecule has 1 rings (SSSR count). The van der Waals surface area contributed by atoms with Gasteiger partial charge in [-0.15, -0.1) is 0 Å². The lowest BCUT2D eigenvalue weighted by Crippen LogP contribution is -2.47. The zero-order valence-corrected chi connectivity index (χ0v) is 9.13. The second-order valence-electron chi connectivity index (χ2n) is 3.75. The molecule has 0 amide bonds. The van der Waals surface area contributed by atoms with Crippen molar-refractivity contribution in [2.45, 2.75) is 39.0 Å². The highest BCUT2D eigenvalue weighted by Gasteiger charge is 2.12. The summed E-state index contributed by atoms with van der Waals surface area (Å²) in [6, 6.07) is 0. The molecule has 1 fully saturated rings. The molecule has 0 atom stereocenters. The first-order chi connectivity index (χ1) is 6.88. The molecule has 82 valence electrons. The number of unbranched alkanes of at least 4 members (excludes halogenated alkanes) is 1. The van der Waals surface area contributed by atoms with E-state index in [0.717, 1.165) is 32.0 Å². The molecule has 4 nitrogen and oxygen atoms in total. The van der Waals surface area contributed by atoms with Crippen LogP contribution in [0.5, 0.6) is 0 Å². The van der Waals surface area contributed by atoms with Crippen LogP contribution in [-0.2, 0) is 0 Å². The average molecular weight is 198 g/mol. The van der Waals surface area contributed by atoms with Gasteiger partial charge in [-0.05, 0) is 25.7 Å². The molecular formula is C10H22N4. The second kappa shape index (κ2) is 6.65. The van der Waals surface area contributed by atoms with Crippen LogP contribution in [0.2, 0.25) is 0 Å². The smallest absolute Gasteiger partial charge is 0.208 e. The molecule has 0 aliphatic carbocycles. The zero-order valence-electron chi connectivity index (χ0n) is 9.13. The summed E-state index contributed by atoms with van der Waals surface area (Å²) in [5.74, 6) is 6.34. The Bertz CT molecular complexity index is 173. The largest absolute Gasteiger partial charge is 0.342 e. The number of guanidine groups is 1. The molecule has 1 aliphatic rings. The summed E-state index contributed by atoms with van der Waals surface area (Å²) in [4.78, 5) is 6.71. The molecule has 1 aliphatic heterocycles. The van der Waals surface area contributed by atoms with Gasteiger partial charge in [0.05, 0.1) is 0 Å². The van der Waals surface area contributed by atoms with E-state index < -0.39 is 0 Å². The Hall–Kier alpha value is -0.770. The maximum Gasteiger partial charge on any atom is 0.208 e. The number of hydrogen-bond donors (Lipinski definition) is 2. The van der Waals surface area contributed by atoms with Crippen LogP contribution in [0.25, 0.3) is 0 Å². The predicted molar refractivity (Wildman–Crippen MR) is 60.0 cm³/mol. The van der Waals surface area contributed by atoms with E-state index in [2.05, 4.69) is 22.2 Å². The van der Waals surface area contributed by atoms with E-state index in [1.54, 1.807) is 0 Å². The number of nitrogens with one attached hydrogen (secondary N) is 1. The molecule has 1 saturated heterocycles. The van der Waals surface area contributed by atoms with Crippen molar-refractivity contribution in [3.05, 3.63) is 0 Å². The Morgan fingerprint density at radius 2 is 2.07 bits per heavy atom. The number of piperidine rings is 1. The average Bonchev–Trinajstić information content (AvgIpc) is 2.26. The van der Waals surface area contributed by atoms with Crippen LogP contribution in [0.4, 0.5) is 0 Å². The van der Waals surface area contributed by atoms with Gasteiger partial charge < -0.3 is 4.90 Å². The monoisotopic (exact) mass is 198 g/mol. The van der Waals surface area contributed by atoms with Gasteiger partial charge >= 0.3 is 0 Å². The van der Waals surface area contributed by atoms with Crippen LogP contribution >= 0.6 is 0 Å². The number of hydrazine groups is 1. The number of hydrogen-bond acceptors (Lipinski definition) is 2. The first kappa shape index (κ1) is 11.3. The van der Waals surface area contributed by atoms with Crippen LogP contribution in [0.3, 0.4) is 0 Å². The van der Waals surface area contributed by atoms with Crippen molar-refractivity contribution >= 4 is 5.96 Å². The Labute approximate surface area is 86.5 Å². The molecule has 4 heteroatoms. The second-order valence-corrected chi connectivity index (χ2v) is 3.75. The molecule has 0 unspecified atom stereocenters. The SMILES string of the molecule is CCCCN=C(NN)N1CCCCC1. The van der Waals surface area contributed by atoms with Crippen LogP contribution in [0.15, 0.2) is 4.99 Å². The molecule has 0 spiro atoms. The minimum absolute atomic E-state index is 0.873. The lowest BCUT2D eigenvalue weighted by molar-refractivity contribution is 0.331. The summed E-state index contributed by atoms with van der Waals surface area (Å²) >= 11 is 0. The molecule has 0 aromatic rings. The zero-order chi connectivity index (χ0) is 10.2. The molecule has 3 N–H and O–H groups in total. The van der Waals surface area contributed by atoms with Crippen molar-refractivity contribution in [2.75, 3.05) is 19.6 Å². The van der Waals surface area contributed by atoms with Crippen LogP contribution < -0.4 is 11.3 Å². The quantitative estimate of drug-likeness (QED) is 0.235. The minimum atomic E-state index is 0.873. The molecule has 0 aromatic heterocycles. The molecule has 0 radical (unpaired) electrons. The molecular weight excluding hydrogens is 176 g/mol.